The molecular weight excluding hydrogens is 419 g/mol. The summed E-state index contributed by atoms with van der Waals surface area (Å²) in [7, 11) is 0. The van der Waals surface area contributed by atoms with Crippen molar-refractivity contribution in [3.8, 4) is 0 Å². The van der Waals surface area contributed by atoms with Gasteiger partial charge >= 0.3 is 12.1 Å². The van der Waals surface area contributed by atoms with Crippen LogP contribution in [0.25, 0.3) is 0 Å². The van der Waals surface area contributed by atoms with Gasteiger partial charge in [-0.3, -0.25) is 4.90 Å². The van der Waals surface area contributed by atoms with Crippen LogP contribution >= 0.6 is 11.6 Å². The number of nitrogens with one attached hydrogen (secondary N) is 3. The van der Waals surface area contributed by atoms with Crippen molar-refractivity contribution in [2.24, 2.45) is 0 Å². The molecule has 0 saturated carbocycles. The van der Waals surface area contributed by atoms with Crippen molar-refractivity contribution in [1.29, 1.82) is 0 Å². The second kappa shape index (κ2) is 11.0. The molecular formula is C23H22ClFN4O2. The Balaban J connectivity index is 1.55. The lowest BCUT2D eigenvalue weighted by Crippen LogP contribution is -2.38. The Morgan fingerprint density at radius 1 is 0.871 bits per heavy atom. The Morgan fingerprint density at radius 3 is 2.26 bits per heavy atom. The lowest BCUT2D eigenvalue weighted by Gasteiger charge is -2.23. The fraction of sp³-hybridized carbons (Fsp3) is 0.130. The number of urea groups is 2. The first-order chi connectivity index (χ1) is 15.0. The van der Waals surface area contributed by atoms with Gasteiger partial charge in [-0.25, -0.2) is 14.0 Å². The van der Waals surface area contributed by atoms with Crippen LogP contribution in [0.4, 0.5) is 31.0 Å². The second-order valence-corrected chi connectivity index (χ2v) is 7.07. The van der Waals surface area contributed by atoms with E-state index >= 15 is 0 Å². The summed E-state index contributed by atoms with van der Waals surface area (Å²) >= 11 is 5.83. The molecule has 0 unspecified atom stereocenters. The van der Waals surface area contributed by atoms with Gasteiger partial charge in [-0.2, -0.15) is 0 Å². The molecule has 0 aliphatic carbocycles. The molecule has 0 aliphatic rings. The number of para-hydroxylation sites is 2. The summed E-state index contributed by atoms with van der Waals surface area (Å²) in [6.45, 7) is 0.668. The third kappa shape index (κ3) is 6.72. The van der Waals surface area contributed by atoms with Gasteiger partial charge in [-0.1, -0.05) is 41.9 Å². The predicted molar refractivity (Wildman–Crippen MR) is 122 cm³/mol. The Kier molecular flexibility index (Phi) is 7.84. The van der Waals surface area contributed by atoms with E-state index in [4.69, 9.17) is 11.6 Å². The molecule has 31 heavy (non-hydrogen) atoms. The highest BCUT2D eigenvalue weighted by Gasteiger charge is 2.17. The van der Waals surface area contributed by atoms with Crippen LogP contribution in [0.15, 0.2) is 78.9 Å². The summed E-state index contributed by atoms with van der Waals surface area (Å²) < 4.78 is 13.9. The largest absolute Gasteiger partial charge is 0.338 e. The molecule has 0 fully saturated rings. The maximum Gasteiger partial charge on any atom is 0.326 e. The minimum atomic E-state index is -0.510. The summed E-state index contributed by atoms with van der Waals surface area (Å²) in [5, 5.41) is 8.64. The molecule has 160 valence electrons. The number of rotatable bonds is 7. The molecule has 0 radical (unpaired) electrons. The van der Waals surface area contributed by atoms with E-state index in [-0.39, 0.29) is 11.7 Å². The van der Waals surface area contributed by atoms with Gasteiger partial charge in [-0.05, 0) is 55.0 Å². The van der Waals surface area contributed by atoms with Crippen LogP contribution in [-0.2, 0) is 0 Å². The van der Waals surface area contributed by atoms with Crippen molar-refractivity contribution in [3.05, 3.63) is 89.7 Å². The zero-order valence-electron chi connectivity index (χ0n) is 16.6. The first-order valence-corrected chi connectivity index (χ1v) is 10.1. The first kappa shape index (κ1) is 22.1. The molecule has 8 heteroatoms. The number of carbonyl (C=O) groups excluding carboxylic acids is 2. The maximum atomic E-state index is 13.9. The Labute approximate surface area is 185 Å². The normalized spacial score (nSPS) is 10.3. The van der Waals surface area contributed by atoms with Gasteiger partial charge in [0.2, 0.25) is 0 Å². The van der Waals surface area contributed by atoms with E-state index < -0.39 is 11.8 Å². The zero-order chi connectivity index (χ0) is 22.1. The van der Waals surface area contributed by atoms with Gasteiger partial charge in [0.15, 0.2) is 0 Å². The van der Waals surface area contributed by atoms with Crippen LogP contribution in [-0.4, -0.2) is 25.2 Å². The smallest absolute Gasteiger partial charge is 0.326 e. The fourth-order valence-corrected chi connectivity index (χ4v) is 2.97. The number of halogens is 2. The Bertz CT molecular complexity index is 1020. The number of anilines is 3. The van der Waals surface area contributed by atoms with E-state index in [1.807, 2.05) is 18.2 Å². The van der Waals surface area contributed by atoms with Gasteiger partial charge < -0.3 is 16.0 Å². The molecule has 0 atom stereocenters. The SMILES string of the molecule is O=C(NCCCN(C(=O)Nc1ccccc1F)c1ccccc1)Nc1ccc(Cl)cc1. The Hall–Kier alpha value is -3.58. The number of hydrogen-bond donors (Lipinski definition) is 3. The van der Waals surface area contributed by atoms with Crippen molar-refractivity contribution in [2.45, 2.75) is 6.42 Å². The molecule has 6 nitrogen and oxygen atoms in total. The van der Waals surface area contributed by atoms with E-state index in [0.717, 1.165) is 0 Å². The Morgan fingerprint density at radius 2 is 1.55 bits per heavy atom. The summed E-state index contributed by atoms with van der Waals surface area (Å²) in [6, 6.07) is 21.0. The van der Waals surface area contributed by atoms with Crippen molar-refractivity contribution in [1.82, 2.24) is 5.32 Å². The monoisotopic (exact) mass is 440 g/mol. The molecule has 3 aromatic carbocycles. The first-order valence-electron chi connectivity index (χ1n) is 9.71. The van der Waals surface area contributed by atoms with Crippen molar-refractivity contribution in [3.63, 3.8) is 0 Å². The molecule has 3 rings (SSSR count). The topological polar surface area (TPSA) is 73.5 Å². The lowest BCUT2D eigenvalue weighted by atomic mass is 10.2. The fourth-order valence-electron chi connectivity index (χ4n) is 2.85. The maximum absolute atomic E-state index is 13.9. The van der Waals surface area contributed by atoms with E-state index in [0.29, 0.717) is 35.9 Å². The molecule has 0 saturated heterocycles. The summed E-state index contributed by atoms with van der Waals surface area (Å²) in [5.74, 6) is -0.510. The molecule has 0 aliphatic heterocycles. The van der Waals surface area contributed by atoms with Gasteiger partial charge in [0.05, 0.1) is 5.69 Å². The van der Waals surface area contributed by atoms with Crippen LogP contribution < -0.4 is 20.9 Å². The van der Waals surface area contributed by atoms with Gasteiger partial charge in [0, 0.05) is 29.5 Å². The molecule has 3 aromatic rings. The van der Waals surface area contributed by atoms with Crippen LogP contribution in [0.3, 0.4) is 0 Å². The van der Waals surface area contributed by atoms with Crippen molar-refractivity contribution in [2.75, 3.05) is 28.6 Å². The van der Waals surface area contributed by atoms with Gasteiger partial charge in [-0.15, -0.1) is 0 Å². The summed E-state index contributed by atoms with van der Waals surface area (Å²) in [4.78, 5) is 26.3. The number of nitrogens with zero attached hydrogens (tertiary/aromatic N) is 1. The quantitative estimate of drug-likeness (QED) is 0.410. The van der Waals surface area contributed by atoms with Crippen molar-refractivity contribution < 1.29 is 14.0 Å². The highest BCUT2D eigenvalue weighted by Crippen LogP contribution is 2.18. The van der Waals surface area contributed by atoms with E-state index in [9.17, 15) is 14.0 Å². The average molecular weight is 441 g/mol. The molecule has 0 bridgehead atoms. The number of benzene rings is 3. The highest BCUT2D eigenvalue weighted by molar-refractivity contribution is 6.30. The molecule has 0 aromatic heterocycles. The van der Waals surface area contributed by atoms with Crippen molar-refractivity contribution >= 4 is 40.7 Å². The van der Waals surface area contributed by atoms with Crippen LogP contribution in [0, 0.1) is 5.82 Å². The van der Waals surface area contributed by atoms with Crippen LogP contribution in [0.2, 0.25) is 5.02 Å². The zero-order valence-corrected chi connectivity index (χ0v) is 17.4. The predicted octanol–water partition coefficient (Wildman–Crippen LogP) is 5.73. The summed E-state index contributed by atoms with van der Waals surface area (Å²) in [5.41, 5.74) is 1.40. The van der Waals surface area contributed by atoms with Crippen LogP contribution in [0.1, 0.15) is 6.42 Å². The average Bonchev–Trinajstić information content (AvgIpc) is 2.77. The molecule has 0 heterocycles. The van der Waals surface area contributed by atoms with Gasteiger partial charge in [0.25, 0.3) is 0 Å². The standard InChI is InChI=1S/C23H22ClFN4O2/c24-17-11-13-18(14-12-17)27-22(30)26-15-6-16-29(19-7-2-1-3-8-19)23(31)28-21-10-5-4-9-20(21)25/h1-5,7-14H,6,15-16H2,(H,28,31)(H2,26,27,30). The van der Waals surface area contributed by atoms with Crippen LogP contribution in [0.5, 0.6) is 0 Å². The molecule has 3 N–H and O–H groups in total. The van der Waals surface area contributed by atoms with Gasteiger partial charge in [0.1, 0.15) is 5.82 Å². The third-order valence-electron chi connectivity index (χ3n) is 4.37. The number of carbonyl (C=O) groups is 2. The second-order valence-electron chi connectivity index (χ2n) is 6.64. The molecule has 0 spiro atoms. The minimum absolute atomic E-state index is 0.105. The van der Waals surface area contributed by atoms with E-state index in [2.05, 4.69) is 16.0 Å². The van der Waals surface area contributed by atoms with E-state index in [1.165, 1.54) is 17.0 Å². The van der Waals surface area contributed by atoms with E-state index in [1.54, 1.807) is 48.5 Å². The molecule has 4 amide bonds. The highest BCUT2D eigenvalue weighted by atomic mass is 35.5. The number of hydrogen-bond acceptors (Lipinski definition) is 2. The summed E-state index contributed by atoms with van der Waals surface area (Å²) in [6.07, 6.45) is 0.494. The lowest BCUT2D eigenvalue weighted by molar-refractivity contribution is 0.252. The number of amides is 4. The third-order valence-corrected chi connectivity index (χ3v) is 4.63. The minimum Gasteiger partial charge on any atom is -0.338 e.